The molecule has 0 bridgehead atoms. The number of nitrogens with one attached hydrogen (secondary N) is 3. The van der Waals surface area contributed by atoms with Crippen molar-refractivity contribution in [2.75, 3.05) is 10.6 Å². The summed E-state index contributed by atoms with van der Waals surface area (Å²) in [6.07, 6.45) is 0.0452. The Labute approximate surface area is 146 Å². The highest BCUT2D eigenvalue weighted by Gasteiger charge is 2.28. The van der Waals surface area contributed by atoms with Crippen molar-refractivity contribution >= 4 is 23.3 Å². The largest absolute Gasteiger partial charge is 0.480 e. The minimum atomic E-state index is -0.521. The van der Waals surface area contributed by atoms with Gasteiger partial charge in [-0.05, 0) is 49.7 Å². The summed E-state index contributed by atoms with van der Waals surface area (Å²) in [6.45, 7) is 3.78. The predicted octanol–water partition coefficient (Wildman–Crippen LogP) is 3.16. The van der Waals surface area contributed by atoms with Crippen LogP contribution >= 0.6 is 0 Å². The molecular formula is C19H21N3O3. The van der Waals surface area contributed by atoms with Gasteiger partial charge in [-0.25, -0.2) is 4.79 Å². The van der Waals surface area contributed by atoms with Gasteiger partial charge in [-0.1, -0.05) is 18.2 Å². The van der Waals surface area contributed by atoms with Gasteiger partial charge in [0.15, 0.2) is 6.10 Å². The normalized spacial score (nSPS) is 15.2. The van der Waals surface area contributed by atoms with Gasteiger partial charge in [0.05, 0.1) is 0 Å². The lowest BCUT2D eigenvalue weighted by molar-refractivity contribution is -0.122. The maximum atomic E-state index is 12.4. The van der Waals surface area contributed by atoms with Gasteiger partial charge in [0.1, 0.15) is 5.75 Å². The van der Waals surface area contributed by atoms with E-state index in [2.05, 4.69) is 16.0 Å². The number of hydrogen-bond acceptors (Lipinski definition) is 3. The summed E-state index contributed by atoms with van der Waals surface area (Å²) in [7, 11) is 0. The summed E-state index contributed by atoms with van der Waals surface area (Å²) in [6, 6.07) is 14.4. The lowest BCUT2D eigenvalue weighted by atomic mass is 10.1. The van der Waals surface area contributed by atoms with Gasteiger partial charge in [0.2, 0.25) is 0 Å². The van der Waals surface area contributed by atoms with Gasteiger partial charge in [-0.2, -0.15) is 0 Å². The Morgan fingerprint density at radius 1 is 1.00 bits per heavy atom. The van der Waals surface area contributed by atoms with Gasteiger partial charge in [0.25, 0.3) is 5.91 Å². The van der Waals surface area contributed by atoms with E-state index in [4.69, 9.17) is 4.74 Å². The minimum Gasteiger partial charge on any atom is -0.480 e. The third kappa shape index (κ3) is 4.29. The van der Waals surface area contributed by atoms with Crippen molar-refractivity contribution in [2.45, 2.75) is 32.4 Å². The molecule has 1 atom stereocenters. The number of rotatable bonds is 4. The fraction of sp³-hybridized carbons (Fsp3) is 0.263. The van der Waals surface area contributed by atoms with Gasteiger partial charge in [-0.15, -0.1) is 0 Å². The molecule has 2 aromatic carbocycles. The van der Waals surface area contributed by atoms with Crippen LogP contribution in [0.15, 0.2) is 48.5 Å². The zero-order valence-electron chi connectivity index (χ0n) is 14.2. The molecule has 6 heteroatoms. The molecule has 0 saturated carbocycles. The lowest BCUT2D eigenvalue weighted by Crippen LogP contribution is -2.34. The third-order valence-electron chi connectivity index (χ3n) is 3.77. The van der Waals surface area contributed by atoms with Crippen molar-refractivity contribution in [3.05, 3.63) is 54.1 Å². The number of amides is 3. The predicted molar refractivity (Wildman–Crippen MR) is 96.9 cm³/mol. The van der Waals surface area contributed by atoms with Crippen molar-refractivity contribution < 1.29 is 14.3 Å². The molecule has 0 radical (unpaired) electrons. The van der Waals surface area contributed by atoms with Crippen LogP contribution in [0.4, 0.5) is 16.2 Å². The second kappa shape index (κ2) is 7.25. The number of hydrogen-bond donors (Lipinski definition) is 3. The summed E-state index contributed by atoms with van der Waals surface area (Å²) < 4.78 is 5.68. The Balaban J connectivity index is 1.55. The molecule has 6 nitrogen and oxygen atoms in total. The van der Waals surface area contributed by atoms with Crippen molar-refractivity contribution in [3.8, 4) is 5.75 Å². The van der Waals surface area contributed by atoms with E-state index in [9.17, 15) is 9.59 Å². The van der Waals surface area contributed by atoms with Crippen molar-refractivity contribution in [1.82, 2.24) is 5.32 Å². The molecule has 1 heterocycles. The smallest absolute Gasteiger partial charge is 0.319 e. The molecule has 0 fully saturated rings. The van der Waals surface area contributed by atoms with Crippen LogP contribution in [-0.2, 0) is 11.2 Å². The SMILES string of the molecule is CC(C)NC(=O)Nc1ccc(NC(=O)C2Cc3ccccc3O2)cc1. The second-order valence-corrected chi connectivity index (χ2v) is 6.24. The number of urea groups is 1. The molecule has 0 spiro atoms. The summed E-state index contributed by atoms with van der Waals surface area (Å²) in [5.74, 6) is 0.577. The molecule has 0 aliphatic carbocycles. The van der Waals surface area contributed by atoms with Crippen molar-refractivity contribution in [2.24, 2.45) is 0 Å². The number of carbonyl (C=O) groups excluding carboxylic acids is 2. The Bertz CT molecular complexity index is 747. The second-order valence-electron chi connectivity index (χ2n) is 6.24. The maximum absolute atomic E-state index is 12.4. The first-order valence-electron chi connectivity index (χ1n) is 8.24. The Kier molecular flexibility index (Phi) is 4.88. The molecule has 3 N–H and O–H groups in total. The fourth-order valence-electron chi connectivity index (χ4n) is 2.62. The van der Waals surface area contributed by atoms with Gasteiger partial charge >= 0.3 is 6.03 Å². The van der Waals surface area contributed by atoms with Crippen molar-refractivity contribution in [1.29, 1.82) is 0 Å². The average molecular weight is 339 g/mol. The average Bonchev–Trinajstić information content (AvgIpc) is 3.00. The Hall–Kier alpha value is -3.02. The van der Waals surface area contributed by atoms with E-state index < -0.39 is 6.10 Å². The summed E-state index contributed by atoms with van der Waals surface area (Å²) in [5, 5.41) is 8.32. The fourth-order valence-corrected chi connectivity index (χ4v) is 2.62. The van der Waals surface area contributed by atoms with Crippen LogP contribution in [0, 0.1) is 0 Å². The van der Waals surface area contributed by atoms with Crippen LogP contribution < -0.4 is 20.7 Å². The van der Waals surface area contributed by atoms with Crippen LogP contribution in [0.3, 0.4) is 0 Å². The maximum Gasteiger partial charge on any atom is 0.319 e. The number of anilines is 2. The van der Waals surface area contributed by atoms with E-state index in [1.165, 1.54) is 0 Å². The molecule has 25 heavy (non-hydrogen) atoms. The number of carbonyl (C=O) groups is 2. The number of fused-ring (bicyclic) bond motifs is 1. The molecule has 1 unspecified atom stereocenters. The van der Waals surface area contributed by atoms with E-state index in [-0.39, 0.29) is 18.0 Å². The van der Waals surface area contributed by atoms with Crippen LogP contribution in [-0.4, -0.2) is 24.1 Å². The molecule has 3 amide bonds. The van der Waals surface area contributed by atoms with E-state index in [1.807, 2.05) is 38.1 Å². The molecule has 1 aliphatic heterocycles. The number of benzene rings is 2. The Morgan fingerprint density at radius 2 is 1.64 bits per heavy atom. The number of para-hydroxylation sites is 1. The molecular weight excluding hydrogens is 318 g/mol. The van der Waals surface area contributed by atoms with Gasteiger partial charge < -0.3 is 20.7 Å². The highest BCUT2D eigenvalue weighted by molar-refractivity contribution is 5.95. The topological polar surface area (TPSA) is 79.5 Å². The zero-order valence-corrected chi connectivity index (χ0v) is 14.2. The van der Waals surface area contributed by atoms with Crippen LogP contribution in [0.5, 0.6) is 5.75 Å². The zero-order chi connectivity index (χ0) is 17.8. The van der Waals surface area contributed by atoms with E-state index in [0.717, 1.165) is 11.3 Å². The van der Waals surface area contributed by atoms with Gasteiger partial charge in [0, 0.05) is 23.8 Å². The van der Waals surface area contributed by atoms with E-state index in [0.29, 0.717) is 17.8 Å². The molecule has 0 saturated heterocycles. The van der Waals surface area contributed by atoms with Crippen molar-refractivity contribution in [3.63, 3.8) is 0 Å². The highest BCUT2D eigenvalue weighted by Crippen LogP contribution is 2.28. The van der Waals surface area contributed by atoms with Crippen LogP contribution in [0.2, 0.25) is 0 Å². The molecule has 0 aromatic heterocycles. The third-order valence-corrected chi connectivity index (χ3v) is 3.77. The highest BCUT2D eigenvalue weighted by atomic mass is 16.5. The summed E-state index contributed by atoms with van der Waals surface area (Å²) in [5.41, 5.74) is 2.35. The van der Waals surface area contributed by atoms with Gasteiger partial charge in [-0.3, -0.25) is 4.79 Å². The minimum absolute atomic E-state index is 0.0640. The van der Waals surface area contributed by atoms with E-state index >= 15 is 0 Å². The van der Waals surface area contributed by atoms with Crippen LogP contribution in [0.25, 0.3) is 0 Å². The Morgan fingerprint density at radius 3 is 2.28 bits per heavy atom. The van der Waals surface area contributed by atoms with E-state index in [1.54, 1.807) is 24.3 Å². The molecule has 130 valence electrons. The monoisotopic (exact) mass is 339 g/mol. The first-order chi connectivity index (χ1) is 12.0. The summed E-state index contributed by atoms with van der Waals surface area (Å²) >= 11 is 0. The quantitative estimate of drug-likeness (QED) is 0.800. The standard InChI is InChI=1S/C19H21N3O3/c1-12(2)20-19(24)22-15-9-7-14(8-10-15)21-18(23)17-11-13-5-3-4-6-16(13)25-17/h3-10,12,17H,11H2,1-2H3,(H,21,23)(H2,20,22,24). The molecule has 3 rings (SSSR count). The molecule has 2 aromatic rings. The first-order valence-corrected chi connectivity index (χ1v) is 8.24. The molecule has 1 aliphatic rings. The summed E-state index contributed by atoms with van der Waals surface area (Å²) in [4.78, 5) is 24.0. The van der Waals surface area contributed by atoms with Crippen LogP contribution in [0.1, 0.15) is 19.4 Å². The lowest BCUT2D eigenvalue weighted by Gasteiger charge is -2.13. The first kappa shape index (κ1) is 16.8. The number of ether oxygens (including phenoxy) is 1.